The standard InChI is InChI=1S/C11H24N2O/c1-10-8-12-11(2)4-5-13(9-10)6-7-14-3/h10-12H,4-9H2,1-3H3. The molecule has 1 aliphatic rings. The van der Waals surface area contributed by atoms with Crippen LogP contribution in [0, 0.1) is 5.92 Å². The van der Waals surface area contributed by atoms with E-state index in [1.54, 1.807) is 7.11 Å². The predicted molar refractivity (Wildman–Crippen MR) is 59.6 cm³/mol. The van der Waals surface area contributed by atoms with Crippen LogP contribution < -0.4 is 5.32 Å². The van der Waals surface area contributed by atoms with E-state index in [2.05, 4.69) is 24.1 Å². The monoisotopic (exact) mass is 200 g/mol. The van der Waals surface area contributed by atoms with E-state index >= 15 is 0 Å². The summed E-state index contributed by atoms with van der Waals surface area (Å²) in [6.45, 7) is 10.1. The minimum Gasteiger partial charge on any atom is -0.383 e. The maximum atomic E-state index is 5.12. The van der Waals surface area contributed by atoms with Gasteiger partial charge in [-0.2, -0.15) is 0 Å². The van der Waals surface area contributed by atoms with Crippen molar-refractivity contribution in [2.24, 2.45) is 5.92 Å². The zero-order valence-electron chi connectivity index (χ0n) is 9.75. The summed E-state index contributed by atoms with van der Waals surface area (Å²) in [4.78, 5) is 2.52. The molecule has 1 fully saturated rings. The van der Waals surface area contributed by atoms with E-state index in [4.69, 9.17) is 4.74 Å². The van der Waals surface area contributed by atoms with Gasteiger partial charge < -0.3 is 15.0 Å². The van der Waals surface area contributed by atoms with Crippen LogP contribution in [0.5, 0.6) is 0 Å². The molecule has 3 nitrogen and oxygen atoms in total. The molecule has 1 aliphatic heterocycles. The van der Waals surface area contributed by atoms with E-state index in [1.807, 2.05) is 0 Å². The lowest BCUT2D eigenvalue weighted by Crippen LogP contribution is -2.43. The van der Waals surface area contributed by atoms with E-state index in [9.17, 15) is 0 Å². The number of ether oxygens (including phenoxy) is 1. The number of hydrogen-bond donors (Lipinski definition) is 1. The molecule has 0 aromatic carbocycles. The van der Waals surface area contributed by atoms with Gasteiger partial charge in [-0.15, -0.1) is 0 Å². The van der Waals surface area contributed by atoms with Crippen LogP contribution in [0.15, 0.2) is 0 Å². The van der Waals surface area contributed by atoms with Crippen LogP contribution in [0.2, 0.25) is 0 Å². The second kappa shape index (κ2) is 6.38. The molecule has 14 heavy (non-hydrogen) atoms. The molecule has 1 saturated heterocycles. The molecule has 0 aromatic rings. The quantitative estimate of drug-likeness (QED) is 0.734. The van der Waals surface area contributed by atoms with Crippen LogP contribution >= 0.6 is 0 Å². The highest BCUT2D eigenvalue weighted by molar-refractivity contribution is 4.73. The van der Waals surface area contributed by atoms with Crippen molar-refractivity contribution in [2.45, 2.75) is 26.3 Å². The highest BCUT2D eigenvalue weighted by Crippen LogP contribution is 2.06. The van der Waals surface area contributed by atoms with Gasteiger partial charge in [0, 0.05) is 26.2 Å². The van der Waals surface area contributed by atoms with Crippen LogP contribution in [-0.2, 0) is 4.74 Å². The fraction of sp³-hybridized carbons (Fsp3) is 1.00. The Kier molecular flexibility index (Phi) is 5.45. The fourth-order valence-corrected chi connectivity index (χ4v) is 1.90. The first-order chi connectivity index (χ1) is 6.72. The molecule has 3 heteroatoms. The van der Waals surface area contributed by atoms with Crippen molar-refractivity contribution in [3.05, 3.63) is 0 Å². The Morgan fingerprint density at radius 3 is 2.93 bits per heavy atom. The molecule has 0 radical (unpaired) electrons. The van der Waals surface area contributed by atoms with Gasteiger partial charge in [0.2, 0.25) is 0 Å². The summed E-state index contributed by atoms with van der Waals surface area (Å²) in [6.07, 6.45) is 1.25. The van der Waals surface area contributed by atoms with Crippen LogP contribution in [0.4, 0.5) is 0 Å². The number of methoxy groups -OCH3 is 1. The van der Waals surface area contributed by atoms with Crippen LogP contribution in [0.3, 0.4) is 0 Å². The van der Waals surface area contributed by atoms with E-state index < -0.39 is 0 Å². The zero-order valence-corrected chi connectivity index (χ0v) is 9.75. The summed E-state index contributed by atoms with van der Waals surface area (Å²) in [5.74, 6) is 0.745. The Bertz CT molecular complexity index is 152. The molecule has 0 spiro atoms. The molecule has 0 aliphatic carbocycles. The van der Waals surface area contributed by atoms with Gasteiger partial charge in [-0.1, -0.05) is 6.92 Å². The molecule has 2 unspecified atom stereocenters. The Hall–Kier alpha value is -0.120. The van der Waals surface area contributed by atoms with Crippen LogP contribution in [-0.4, -0.2) is 50.8 Å². The molecule has 1 heterocycles. The van der Waals surface area contributed by atoms with Crippen molar-refractivity contribution >= 4 is 0 Å². The highest BCUT2D eigenvalue weighted by atomic mass is 16.5. The molecule has 0 amide bonds. The van der Waals surface area contributed by atoms with Gasteiger partial charge in [0.05, 0.1) is 6.61 Å². The van der Waals surface area contributed by atoms with Crippen molar-refractivity contribution in [1.82, 2.24) is 10.2 Å². The first-order valence-electron chi connectivity index (χ1n) is 5.67. The first-order valence-corrected chi connectivity index (χ1v) is 5.67. The van der Waals surface area contributed by atoms with E-state index in [0.717, 1.165) is 25.6 Å². The van der Waals surface area contributed by atoms with Crippen molar-refractivity contribution in [3.8, 4) is 0 Å². The molecular formula is C11H24N2O. The third-order valence-electron chi connectivity index (χ3n) is 2.87. The number of hydrogen-bond acceptors (Lipinski definition) is 3. The average Bonchev–Trinajstić information content (AvgIpc) is 2.16. The number of rotatable bonds is 3. The summed E-state index contributed by atoms with van der Waals surface area (Å²) < 4.78 is 5.12. The van der Waals surface area contributed by atoms with Crippen LogP contribution in [0.1, 0.15) is 20.3 Å². The molecule has 1 N–H and O–H groups in total. The van der Waals surface area contributed by atoms with Gasteiger partial charge in [-0.25, -0.2) is 0 Å². The van der Waals surface area contributed by atoms with Crippen LogP contribution in [0.25, 0.3) is 0 Å². The average molecular weight is 200 g/mol. The van der Waals surface area contributed by atoms with E-state index in [0.29, 0.717) is 6.04 Å². The molecule has 0 aromatic heterocycles. The predicted octanol–water partition coefficient (Wildman–Crippen LogP) is 0.953. The van der Waals surface area contributed by atoms with Gasteiger partial charge in [0.15, 0.2) is 0 Å². The number of nitrogens with zero attached hydrogens (tertiary/aromatic N) is 1. The van der Waals surface area contributed by atoms with Gasteiger partial charge in [0.25, 0.3) is 0 Å². The summed E-state index contributed by atoms with van der Waals surface area (Å²) in [5, 5.41) is 3.55. The third kappa shape index (κ3) is 4.40. The largest absolute Gasteiger partial charge is 0.383 e. The third-order valence-corrected chi connectivity index (χ3v) is 2.87. The van der Waals surface area contributed by atoms with Crippen molar-refractivity contribution in [2.75, 3.05) is 39.9 Å². The van der Waals surface area contributed by atoms with Crippen molar-refractivity contribution in [3.63, 3.8) is 0 Å². The lowest BCUT2D eigenvalue weighted by atomic mass is 10.1. The maximum Gasteiger partial charge on any atom is 0.0589 e. The minimum atomic E-state index is 0.655. The summed E-state index contributed by atoms with van der Waals surface area (Å²) in [6, 6.07) is 0.655. The van der Waals surface area contributed by atoms with Gasteiger partial charge in [-0.3, -0.25) is 0 Å². The van der Waals surface area contributed by atoms with Crippen molar-refractivity contribution < 1.29 is 4.74 Å². The van der Waals surface area contributed by atoms with E-state index in [1.165, 1.54) is 19.5 Å². The molecule has 84 valence electrons. The normalized spacial score (nSPS) is 31.1. The second-order valence-electron chi connectivity index (χ2n) is 4.50. The highest BCUT2D eigenvalue weighted by Gasteiger charge is 2.15. The Morgan fingerprint density at radius 1 is 1.43 bits per heavy atom. The molecular weight excluding hydrogens is 176 g/mol. The maximum absolute atomic E-state index is 5.12. The molecule has 2 atom stereocenters. The SMILES string of the molecule is COCCN1CCC(C)NCC(C)C1. The lowest BCUT2D eigenvalue weighted by molar-refractivity contribution is 0.128. The molecule has 0 saturated carbocycles. The van der Waals surface area contributed by atoms with Gasteiger partial charge in [0.1, 0.15) is 0 Å². The topological polar surface area (TPSA) is 24.5 Å². The van der Waals surface area contributed by atoms with Crippen molar-refractivity contribution in [1.29, 1.82) is 0 Å². The summed E-state index contributed by atoms with van der Waals surface area (Å²) >= 11 is 0. The van der Waals surface area contributed by atoms with Gasteiger partial charge in [-0.05, 0) is 32.4 Å². The smallest absolute Gasteiger partial charge is 0.0589 e. The molecule has 1 rings (SSSR count). The Balaban J connectivity index is 2.32. The van der Waals surface area contributed by atoms with E-state index in [-0.39, 0.29) is 0 Å². The second-order valence-corrected chi connectivity index (χ2v) is 4.50. The first kappa shape index (κ1) is 12.0. The minimum absolute atomic E-state index is 0.655. The van der Waals surface area contributed by atoms with Gasteiger partial charge >= 0.3 is 0 Å². The fourth-order valence-electron chi connectivity index (χ4n) is 1.90. The Labute approximate surface area is 87.8 Å². The zero-order chi connectivity index (χ0) is 10.4. The molecule has 0 bridgehead atoms. The number of nitrogens with one attached hydrogen (secondary N) is 1. The summed E-state index contributed by atoms with van der Waals surface area (Å²) in [5.41, 5.74) is 0. The Morgan fingerprint density at radius 2 is 2.21 bits per heavy atom. The lowest BCUT2D eigenvalue weighted by Gasteiger charge is -2.30. The summed E-state index contributed by atoms with van der Waals surface area (Å²) in [7, 11) is 1.78.